The number of aromatic hydroxyl groups is 1. The Bertz CT molecular complexity index is 992. The fourth-order valence-electron chi connectivity index (χ4n) is 3.02. The second kappa shape index (κ2) is 10.4. The topological polar surface area (TPSA) is 105 Å². The van der Waals surface area contributed by atoms with Crippen LogP contribution in [0, 0.1) is 0 Å². The summed E-state index contributed by atoms with van der Waals surface area (Å²) < 4.78 is 11.3. The average molecular weight is 420 g/mol. The van der Waals surface area contributed by atoms with Gasteiger partial charge in [0.05, 0.1) is 37.4 Å². The van der Waals surface area contributed by atoms with Crippen LogP contribution in [0.5, 0.6) is 11.8 Å². The highest BCUT2D eigenvalue weighted by Gasteiger charge is 2.15. The average Bonchev–Trinajstić information content (AvgIpc) is 2.82. The number of benzene rings is 1. The van der Waals surface area contributed by atoms with Crippen molar-refractivity contribution < 1.29 is 14.6 Å². The van der Waals surface area contributed by atoms with Gasteiger partial charge in [-0.2, -0.15) is 15.1 Å². The number of morpholine rings is 1. The Hall–Kier alpha value is -3.72. The molecule has 1 saturated heterocycles. The summed E-state index contributed by atoms with van der Waals surface area (Å²) in [5.74, 6) is 0.977. The third-order valence-electron chi connectivity index (χ3n) is 4.62. The van der Waals surface area contributed by atoms with Gasteiger partial charge in [-0.15, -0.1) is 0 Å². The second-order valence-corrected chi connectivity index (χ2v) is 6.87. The predicted octanol–water partition coefficient (Wildman–Crippen LogP) is 2.48. The summed E-state index contributed by atoms with van der Waals surface area (Å²) in [6.45, 7) is 3.25. The third-order valence-corrected chi connectivity index (χ3v) is 4.62. The largest absolute Gasteiger partial charge is 0.508 e. The highest BCUT2D eigenvalue weighted by Crippen LogP contribution is 2.18. The lowest BCUT2D eigenvalue weighted by atomic mass is 10.3. The predicted molar refractivity (Wildman–Crippen MR) is 118 cm³/mol. The number of hydrogen-bond donors (Lipinski definition) is 2. The van der Waals surface area contributed by atoms with Crippen molar-refractivity contribution in [3.05, 3.63) is 66.1 Å². The molecule has 0 radical (unpaired) electrons. The van der Waals surface area contributed by atoms with E-state index in [-0.39, 0.29) is 5.75 Å². The third kappa shape index (κ3) is 6.13. The minimum absolute atomic E-state index is 0.202. The molecule has 31 heavy (non-hydrogen) atoms. The second-order valence-electron chi connectivity index (χ2n) is 6.87. The van der Waals surface area contributed by atoms with E-state index in [4.69, 9.17) is 9.47 Å². The van der Waals surface area contributed by atoms with Gasteiger partial charge < -0.3 is 19.5 Å². The van der Waals surface area contributed by atoms with Crippen LogP contribution in [0.4, 0.5) is 11.5 Å². The standard InChI is InChI=1S/C22H24N6O3/c29-20-6-4-18(5-7-20)27-24-16-19-15-21(28-10-13-30-14-11-28)26-22(25-19)31-12-8-17-3-1-2-9-23-17/h1-7,9,15-16,27,29H,8,10-14H2. The molecule has 1 aliphatic rings. The van der Waals surface area contributed by atoms with Crippen molar-refractivity contribution in [2.24, 2.45) is 5.10 Å². The SMILES string of the molecule is Oc1ccc(NN=Cc2cc(N3CCOCC3)nc(OCCc3ccccn3)n2)cc1. The summed E-state index contributed by atoms with van der Waals surface area (Å²) >= 11 is 0. The zero-order valence-corrected chi connectivity index (χ0v) is 17.0. The molecule has 9 heteroatoms. The summed E-state index contributed by atoms with van der Waals surface area (Å²) in [5.41, 5.74) is 5.24. The molecule has 2 N–H and O–H groups in total. The first-order chi connectivity index (χ1) is 15.3. The van der Waals surface area contributed by atoms with Crippen molar-refractivity contribution in [3.8, 4) is 11.8 Å². The number of hydrogen-bond acceptors (Lipinski definition) is 9. The number of rotatable bonds is 8. The van der Waals surface area contributed by atoms with Gasteiger partial charge in [-0.05, 0) is 36.4 Å². The Morgan fingerprint density at radius 1 is 1.13 bits per heavy atom. The van der Waals surface area contributed by atoms with Crippen molar-refractivity contribution in [2.75, 3.05) is 43.2 Å². The highest BCUT2D eigenvalue weighted by molar-refractivity contribution is 5.79. The summed E-state index contributed by atoms with van der Waals surface area (Å²) in [5, 5.41) is 13.6. The van der Waals surface area contributed by atoms with Crippen LogP contribution in [0.15, 0.2) is 59.8 Å². The highest BCUT2D eigenvalue weighted by atomic mass is 16.5. The van der Waals surface area contributed by atoms with Gasteiger partial charge in [-0.25, -0.2) is 0 Å². The van der Waals surface area contributed by atoms with E-state index in [0.29, 0.717) is 37.9 Å². The molecule has 0 saturated carbocycles. The maximum atomic E-state index is 9.37. The Morgan fingerprint density at radius 3 is 2.74 bits per heavy atom. The van der Waals surface area contributed by atoms with Crippen LogP contribution < -0.4 is 15.1 Å². The van der Waals surface area contributed by atoms with E-state index in [9.17, 15) is 5.11 Å². The van der Waals surface area contributed by atoms with Gasteiger partial charge in [-0.3, -0.25) is 10.4 Å². The van der Waals surface area contributed by atoms with Gasteiger partial charge >= 0.3 is 6.01 Å². The van der Waals surface area contributed by atoms with E-state index < -0.39 is 0 Å². The number of anilines is 2. The van der Waals surface area contributed by atoms with E-state index in [0.717, 1.165) is 30.3 Å². The number of aromatic nitrogens is 3. The molecule has 4 rings (SSSR count). The van der Waals surface area contributed by atoms with Gasteiger partial charge in [0, 0.05) is 37.5 Å². The van der Waals surface area contributed by atoms with E-state index >= 15 is 0 Å². The zero-order valence-electron chi connectivity index (χ0n) is 17.0. The molecular formula is C22H24N6O3. The summed E-state index contributed by atoms with van der Waals surface area (Å²) in [6, 6.07) is 14.6. The van der Waals surface area contributed by atoms with Crippen molar-refractivity contribution in [1.82, 2.24) is 15.0 Å². The van der Waals surface area contributed by atoms with Crippen molar-refractivity contribution >= 4 is 17.7 Å². The lowest BCUT2D eigenvalue weighted by Gasteiger charge is -2.28. The smallest absolute Gasteiger partial charge is 0.318 e. The van der Waals surface area contributed by atoms with Crippen LogP contribution in [-0.2, 0) is 11.2 Å². The molecule has 1 aliphatic heterocycles. The van der Waals surface area contributed by atoms with E-state index in [1.54, 1.807) is 36.7 Å². The molecule has 0 spiro atoms. The minimum Gasteiger partial charge on any atom is -0.508 e. The fraction of sp³-hybridized carbons (Fsp3) is 0.273. The Morgan fingerprint density at radius 2 is 1.97 bits per heavy atom. The molecule has 9 nitrogen and oxygen atoms in total. The van der Waals surface area contributed by atoms with Crippen molar-refractivity contribution in [3.63, 3.8) is 0 Å². The number of pyridine rings is 1. The number of nitrogens with one attached hydrogen (secondary N) is 1. The number of nitrogens with zero attached hydrogens (tertiary/aromatic N) is 5. The maximum absolute atomic E-state index is 9.37. The Labute approximate surface area is 180 Å². The normalized spacial score (nSPS) is 14.0. The number of hydrazone groups is 1. The molecule has 1 aromatic carbocycles. The molecule has 1 fully saturated rings. The first-order valence-electron chi connectivity index (χ1n) is 10.1. The molecule has 0 amide bonds. The lowest BCUT2D eigenvalue weighted by Crippen LogP contribution is -2.37. The number of phenols is 1. The molecule has 0 unspecified atom stereocenters. The molecule has 0 bridgehead atoms. The maximum Gasteiger partial charge on any atom is 0.318 e. The van der Waals surface area contributed by atoms with Gasteiger partial charge in [-0.1, -0.05) is 6.07 Å². The lowest BCUT2D eigenvalue weighted by molar-refractivity contribution is 0.122. The van der Waals surface area contributed by atoms with Crippen molar-refractivity contribution in [1.29, 1.82) is 0 Å². The van der Waals surface area contributed by atoms with E-state index in [1.165, 1.54) is 0 Å². The molecule has 3 heterocycles. The van der Waals surface area contributed by atoms with Crippen LogP contribution >= 0.6 is 0 Å². The van der Waals surface area contributed by atoms with Gasteiger partial charge in [0.15, 0.2) is 0 Å². The quantitative estimate of drug-likeness (QED) is 0.325. The first kappa shape index (κ1) is 20.5. The van der Waals surface area contributed by atoms with E-state index in [1.807, 2.05) is 24.3 Å². The summed E-state index contributed by atoms with van der Waals surface area (Å²) in [6.07, 6.45) is 4.04. The fourth-order valence-corrected chi connectivity index (χ4v) is 3.02. The molecular weight excluding hydrogens is 396 g/mol. The molecule has 0 atom stereocenters. The zero-order chi connectivity index (χ0) is 21.3. The van der Waals surface area contributed by atoms with Crippen LogP contribution in [0.1, 0.15) is 11.4 Å². The first-order valence-corrected chi connectivity index (χ1v) is 10.1. The van der Waals surface area contributed by atoms with Crippen LogP contribution in [0.2, 0.25) is 0 Å². The van der Waals surface area contributed by atoms with Crippen LogP contribution in [0.3, 0.4) is 0 Å². The van der Waals surface area contributed by atoms with Crippen LogP contribution in [0.25, 0.3) is 0 Å². The summed E-state index contributed by atoms with van der Waals surface area (Å²) in [7, 11) is 0. The minimum atomic E-state index is 0.202. The molecule has 160 valence electrons. The molecule has 0 aliphatic carbocycles. The van der Waals surface area contributed by atoms with Crippen LogP contribution in [-0.4, -0.2) is 59.2 Å². The summed E-state index contributed by atoms with van der Waals surface area (Å²) in [4.78, 5) is 15.5. The molecule has 3 aromatic rings. The monoisotopic (exact) mass is 420 g/mol. The van der Waals surface area contributed by atoms with E-state index in [2.05, 4.69) is 30.4 Å². The number of phenolic OH excluding ortho intramolecular Hbond substituents is 1. The number of ether oxygens (including phenoxy) is 2. The van der Waals surface area contributed by atoms with Gasteiger partial charge in [0.25, 0.3) is 0 Å². The Kier molecular flexibility index (Phi) is 6.86. The Balaban J connectivity index is 1.46. The van der Waals surface area contributed by atoms with Gasteiger partial charge in [0.2, 0.25) is 0 Å². The van der Waals surface area contributed by atoms with Gasteiger partial charge in [0.1, 0.15) is 11.6 Å². The molecule has 2 aromatic heterocycles. The van der Waals surface area contributed by atoms with Crippen molar-refractivity contribution in [2.45, 2.75) is 6.42 Å².